The van der Waals surface area contributed by atoms with E-state index in [9.17, 15) is 14.4 Å². The van der Waals surface area contributed by atoms with Crippen molar-refractivity contribution in [2.75, 3.05) is 19.0 Å². The van der Waals surface area contributed by atoms with Gasteiger partial charge in [0.25, 0.3) is 5.91 Å². The third-order valence-corrected chi connectivity index (χ3v) is 3.23. The number of rotatable bonds is 5. The van der Waals surface area contributed by atoms with Crippen LogP contribution in [0.3, 0.4) is 0 Å². The van der Waals surface area contributed by atoms with Crippen molar-refractivity contribution in [2.24, 2.45) is 0 Å². The average Bonchev–Trinajstić information content (AvgIpc) is 2.61. The molecule has 0 radical (unpaired) electrons. The number of carbonyl (C=O) groups excluding carboxylic acids is 3. The second kappa shape index (κ2) is 7.92. The first kappa shape index (κ1) is 17.2. The minimum Gasteiger partial charge on any atom is -0.465 e. The Morgan fingerprint density at radius 3 is 2.12 bits per heavy atom. The van der Waals surface area contributed by atoms with Gasteiger partial charge in [-0.15, -0.1) is 0 Å². The zero-order chi connectivity index (χ0) is 17.5. The van der Waals surface area contributed by atoms with Crippen molar-refractivity contribution in [3.8, 4) is 0 Å². The molecule has 2 aromatic rings. The van der Waals surface area contributed by atoms with E-state index in [1.54, 1.807) is 43.3 Å². The maximum Gasteiger partial charge on any atom is 0.338 e. The van der Waals surface area contributed by atoms with E-state index in [4.69, 9.17) is 4.74 Å². The van der Waals surface area contributed by atoms with E-state index in [1.807, 2.05) is 0 Å². The topological polar surface area (TPSA) is 81.7 Å². The van der Waals surface area contributed by atoms with Gasteiger partial charge in [-0.1, -0.05) is 12.1 Å². The first-order valence-corrected chi connectivity index (χ1v) is 7.32. The Morgan fingerprint density at radius 2 is 1.54 bits per heavy atom. The third-order valence-electron chi connectivity index (χ3n) is 3.23. The summed E-state index contributed by atoms with van der Waals surface area (Å²) in [7, 11) is 1.26. The Bertz CT molecular complexity index is 752. The monoisotopic (exact) mass is 327 g/mol. The molecule has 0 aliphatic carbocycles. The van der Waals surface area contributed by atoms with Crippen molar-refractivity contribution in [2.45, 2.75) is 6.92 Å². The van der Waals surface area contributed by atoms with Crippen LogP contribution in [0.15, 0.2) is 48.5 Å². The van der Waals surface area contributed by atoms with Gasteiger partial charge < -0.3 is 14.8 Å². The number of amides is 1. The highest BCUT2D eigenvalue weighted by Gasteiger charge is 2.17. The maximum absolute atomic E-state index is 12.4. The number of benzene rings is 2. The molecule has 0 saturated carbocycles. The summed E-state index contributed by atoms with van der Waals surface area (Å²) < 4.78 is 9.57. The van der Waals surface area contributed by atoms with Crippen LogP contribution < -0.4 is 5.32 Å². The van der Waals surface area contributed by atoms with Crippen LogP contribution in [0.4, 0.5) is 5.69 Å². The third kappa shape index (κ3) is 3.98. The fraction of sp³-hybridized carbons (Fsp3) is 0.167. The van der Waals surface area contributed by atoms with Gasteiger partial charge in [-0.05, 0) is 43.3 Å². The second-order valence-corrected chi connectivity index (χ2v) is 4.79. The van der Waals surface area contributed by atoms with Crippen LogP contribution in [-0.4, -0.2) is 31.6 Å². The molecule has 0 unspecified atom stereocenters. The number of hydrogen-bond acceptors (Lipinski definition) is 5. The van der Waals surface area contributed by atoms with Gasteiger partial charge in [-0.2, -0.15) is 0 Å². The lowest BCUT2D eigenvalue weighted by molar-refractivity contribution is 0.0525. The molecule has 6 nitrogen and oxygen atoms in total. The summed E-state index contributed by atoms with van der Waals surface area (Å²) in [6, 6.07) is 12.6. The van der Waals surface area contributed by atoms with Gasteiger partial charge in [0.1, 0.15) is 0 Å². The SMILES string of the molecule is CCOC(=O)c1ccc(NC(=O)c2ccccc2C(=O)OC)cc1. The second-order valence-electron chi connectivity index (χ2n) is 4.79. The molecule has 0 bridgehead atoms. The number of carbonyl (C=O) groups is 3. The molecule has 0 aliphatic heterocycles. The number of anilines is 1. The Kier molecular flexibility index (Phi) is 5.68. The van der Waals surface area contributed by atoms with Crippen molar-refractivity contribution in [3.05, 3.63) is 65.2 Å². The van der Waals surface area contributed by atoms with E-state index in [0.29, 0.717) is 17.9 Å². The molecule has 24 heavy (non-hydrogen) atoms. The summed E-state index contributed by atoms with van der Waals surface area (Å²) in [4.78, 5) is 35.7. The summed E-state index contributed by atoms with van der Waals surface area (Å²) in [5.74, 6) is -1.45. The van der Waals surface area contributed by atoms with Gasteiger partial charge in [0.05, 0.1) is 30.4 Å². The van der Waals surface area contributed by atoms with Gasteiger partial charge in [0.2, 0.25) is 0 Å². The number of esters is 2. The molecule has 1 N–H and O–H groups in total. The Labute approximate surface area is 139 Å². The van der Waals surface area contributed by atoms with Crippen molar-refractivity contribution >= 4 is 23.5 Å². The highest BCUT2D eigenvalue weighted by atomic mass is 16.5. The lowest BCUT2D eigenvalue weighted by Gasteiger charge is -2.09. The Hall–Kier alpha value is -3.15. The molecule has 1 amide bonds. The fourth-order valence-corrected chi connectivity index (χ4v) is 2.07. The summed E-state index contributed by atoms with van der Waals surface area (Å²) in [5, 5.41) is 2.68. The van der Waals surface area contributed by atoms with E-state index in [2.05, 4.69) is 10.1 Å². The van der Waals surface area contributed by atoms with E-state index in [1.165, 1.54) is 19.2 Å². The standard InChI is InChI=1S/C18H17NO5/c1-3-24-17(21)12-8-10-13(11-9-12)19-16(20)14-6-4-5-7-15(14)18(22)23-2/h4-11H,3H2,1-2H3,(H,19,20). The van der Waals surface area contributed by atoms with Gasteiger partial charge in [-0.25, -0.2) is 9.59 Å². The number of ether oxygens (including phenoxy) is 2. The quantitative estimate of drug-likeness (QED) is 0.854. The highest BCUT2D eigenvalue weighted by Crippen LogP contribution is 2.15. The average molecular weight is 327 g/mol. The molecule has 2 rings (SSSR count). The van der Waals surface area contributed by atoms with Crippen molar-refractivity contribution in [1.82, 2.24) is 0 Å². The van der Waals surface area contributed by atoms with E-state index >= 15 is 0 Å². The van der Waals surface area contributed by atoms with Gasteiger partial charge >= 0.3 is 11.9 Å². The molecule has 6 heteroatoms. The maximum atomic E-state index is 12.4. The smallest absolute Gasteiger partial charge is 0.338 e. The molecular weight excluding hydrogens is 310 g/mol. The normalized spacial score (nSPS) is 9.92. The number of methoxy groups -OCH3 is 1. The summed E-state index contributed by atoms with van der Waals surface area (Å²) in [6.07, 6.45) is 0. The highest BCUT2D eigenvalue weighted by molar-refractivity contribution is 6.11. The number of nitrogens with one attached hydrogen (secondary N) is 1. The molecule has 2 aromatic carbocycles. The summed E-state index contributed by atoms with van der Waals surface area (Å²) in [5.41, 5.74) is 1.27. The lowest BCUT2D eigenvalue weighted by Crippen LogP contribution is -2.17. The molecule has 0 fully saturated rings. The first-order chi connectivity index (χ1) is 11.6. The minimum atomic E-state index is -0.585. The molecule has 0 aromatic heterocycles. The Morgan fingerprint density at radius 1 is 0.917 bits per heavy atom. The van der Waals surface area contributed by atoms with Crippen LogP contribution in [0.25, 0.3) is 0 Å². The van der Waals surface area contributed by atoms with Gasteiger partial charge in [0.15, 0.2) is 0 Å². The molecule has 124 valence electrons. The number of hydrogen-bond donors (Lipinski definition) is 1. The molecule has 0 atom stereocenters. The molecule has 0 spiro atoms. The molecule has 0 saturated heterocycles. The largest absolute Gasteiger partial charge is 0.465 e. The van der Waals surface area contributed by atoms with Crippen LogP contribution in [0.2, 0.25) is 0 Å². The van der Waals surface area contributed by atoms with Crippen LogP contribution in [0.5, 0.6) is 0 Å². The molecular formula is C18H17NO5. The zero-order valence-corrected chi connectivity index (χ0v) is 13.4. The van der Waals surface area contributed by atoms with Crippen LogP contribution in [0.1, 0.15) is 38.0 Å². The van der Waals surface area contributed by atoms with E-state index < -0.39 is 17.8 Å². The van der Waals surface area contributed by atoms with Crippen LogP contribution >= 0.6 is 0 Å². The van der Waals surface area contributed by atoms with Crippen molar-refractivity contribution in [1.29, 1.82) is 0 Å². The Balaban J connectivity index is 2.16. The predicted octanol–water partition coefficient (Wildman–Crippen LogP) is 2.90. The first-order valence-electron chi connectivity index (χ1n) is 7.32. The van der Waals surface area contributed by atoms with Crippen LogP contribution in [-0.2, 0) is 9.47 Å². The van der Waals surface area contributed by atoms with Gasteiger partial charge in [0, 0.05) is 5.69 Å². The van der Waals surface area contributed by atoms with E-state index in [-0.39, 0.29) is 11.1 Å². The summed E-state index contributed by atoms with van der Waals surface area (Å²) >= 11 is 0. The van der Waals surface area contributed by atoms with Gasteiger partial charge in [-0.3, -0.25) is 4.79 Å². The lowest BCUT2D eigenvalue weighted by atomic mass is 10.1. The zero-order valence-electron chi connectivity index (χ0n) is 13.4. The fourth-order valence-electron chi connectivity index (χ4n) is 2.07. The van der Waals surface area contributed by atoms with E-state index in [0.717, 1.165) is 0 Å². The molecule has 0 aliphatic rings. The predicted molar refractivity (Wildman–Crippen MR) is 88.1 cm³/mol. The van der Waals surface area contributed by atoms with Crippen molar-refractivity contribution in [3.63, 3.8) is 0 Å². The summed E-state index contributed by atoms with van der Waals surface area (Å²) in [6.45, 7) is 2.02. The van der Waals surface area contributed by atoms with Crippen LogP contribution in [0, 0.1) is 0 Å². The molecule has 0 heterocycles. The van der Waals surface area contributed by atoms with Crippen molar-refractivity contribution < 1.29 is 23.9 Å². The minimum absolute atomic E-state index is 0.181.